The molecule has 0 saturated carbocycles. The van der Waals surface area contributed by atoms with Gasteiger partial charge in [-0.3, -0.25) is 20.4 Å². The fraction of sp³-hybridized carbons (Fsp3) is 0.818. The van der Waals surface area contributed by atoms with Gasteiger partial charge in [-0.2, -0.15) is 0 Å². The monoisotopic (exact) mass is 686 g/mol. The molecule has 0 fully saturated rings. The number of aliphatic imine (C=N–C) groups is 1. The van der Waals surface area contributed by atoms with Gasteiger partial charge in [0.2, 0.25) is 11.9 Å². The average Bonchev–Trinajstić information content (AvgIpc) is 2.82. The molecule has 0 aromatic carbocycles. The molecule has 2 atom stereocenters. The Labute approximate surface area is 286 Å². The molecule has 0 spiro atoms. The van der Waals surface area contributed by atoms with Crippen molar-refractivity contribution in [1.82, 2.24) is 26.6 Å². The predicted molar refractivity (Wildman–Crippen MR) is 184 cm³/mol. The predicted octanol–water partition coefficient (Wildman–Crippen LogP) is 5.66. The lowest BCUT2D eigenvalue weighted by atomic mass is 10.1. The molecule has 0 unspecified atom stereocenters. The van der Waals surface area contributed by atoms with Gasteiger partial charge < -0.3 is 34.9 Å². The van der Waals surface area contributed by atoms with E-state index in [0.717, 1.165) is 6.42 Å². The van der Waals surface area contributed by atoms with Crippen molar-refractivity contribution < 1.29 is 42.9 Å². The van der Waals surface area contributed by atoms with E-state index in [1.54, 1.807) is 83.1 Å². The third kappa shape index (κ3) is 26.3. The number of rotatable bonds is 13. The fourth-order valence-electron chi connectivity index (χ4n) is 3.77. The van der Waals surface area contributed by atoms with Crippen molar-refractivity contribution in [2.24, 2.45) is 4.99 Å². The first kappa shape index (κ1) is 44.2. The lowest BCUT2D eigenvalue weighted by Gasteiger charge is -2.23. The number of guanidine groups is 1. The second-order valence-corrected chi connectivity index (χ2v) is 15.5. The van der Waals surface area contributed by atoms with Crippen LogP contribution in [0.25, 0.3) is 0 Å². The lowest BCUT2D eigenvalue weighted by Crippen LogP contribution is -2.48. The van der Waals surface area contributed by atoms with Gasteiger partial charge in [0.1, 0.15) is 28.4 Å². The summed E-state index contributed by atoms with van der Waals surface area (Å²) in [6.07, 6.45) is 0.528. The van der Waals surface area contributed by atoms with Crippen LogP contribution >= 0.6 is 0 Å². The molecule has 0 aliphatic heterocycles. The molecule has 0 bridgehead atoms. The molecule has 5 amide bonds. The molecule has 0 heterocycles. The van der Waals surface area contributed by atoms with Crippen LogP contribution in [0.5, 0.6) is 0 Å². The van der Waals surface area contributed by atoms with Crippen molar-refractivity contribution in [1.29, 1.82) is 0 Å². The molecule has 5 N–H and O–H groups in total. The second kappa shape index (κ2) is 19.9. The van der Waals surface area contributed by atoms with Gasteiger partial charge in [0.05, 0.1) is 0 Å². The van der Waals surface area contributed by atoms with E-state index in [1.807, 2.05) is 6.92 Å². The van der Waals surface area contributed by atoms with Gasteiger partial charge in [-0.1, -0.05) is 0 Å². The number of carbonyl (C=O) groups excluding carboxylic acids is 5. The van der Waals surface area contributed by atoms with Gasteiger partial charge in [0, 0.05) is 19.1 Å². The third-order valence-electron chi connectivity index (χ3n) is 5.54. The highest BCUT2D eigenvalue weighted by Gasteiger charge is 2.25. The second-order valence-electron chi connectivity index (χ2n) is 15.5. The number of nitrogens with one attached hydrogen (secondary N) is 5. The zero-order valence-corrected chi connectivity index (χ0v) is 31.4. The molecular formula is C33H62N6O9. The summed E-state index contributed by atoms with van der Waals surface area (Å²) in [4.78, 5) is 66.4. The summed E-state index contributed by atoms with van der Waals surface area (Å²) in [5.41, 5.74) is -2.86. The first-order valence-corrected chi connectivity index (χ1v) is 16.6. The smallest absolute Gasteiger partial charge is 0.414 e. The van der Waals surface area contributed by atoms with Crippen LogP contribution in [-0.2, 0) is 23.7 Å². The maximum Gasteiger partial charge on any atom is 0.414 e. The minimum absolute atomic E-state index is 0.0982. The van der Waals surface area contributed by atoms with Crippen LogP contribution in [0.15, 0.2) is 4.99 Å². The van der Waals surface area contributed by atoms with Crippen molar-refractivity contribution >= 4 is 36.2 Å². The zero-order chi connectivity index (χ0) is 37.3. The molecule has 15 heteroatoms. The highest BCUT2D eigenvalue weighted by Crippen LogP contribution is 2.11. The Balaban J connectivity index is 5.19. The van der Waals surface area contributed by atoms with Crippen LogP contribution < -0.4 is 26.6 Å². The van der Waals surface area contributed by atoms with Crippen molar-refractivity contribution in [2.45, 2.75) is 163 Å². The van der Waals surface area contributed by atoms with Gasteiger partial charge in [-0.25, -0.2) is 19.2 Å². The van der Waals surface area contributed by atoms with Crippen molar-refractivity contribution in [2.75, 3.05) is 13.1 Å². The summed E-state index contributed by atoms with van der Waals surface area (Å²) < 4.78 is 21.1. The average molecular weight is 687 g/mol. The molecule has 15 nitrogen and oxygen atoms in total. The lowest BCUT2D eigenvalue weighted by molar-refractivity contribution is -0.123. The summed E-state index contributed by atoms with van der Waals surface area (Å²) in [6, 6.07) is -0.963. The Bertz CT molecular complexity index is 1050. The maximum atomic E-state index is 13.1. The van der Waals surface area contributed by atoms with Crippen molar-refractivity contribution in [3.63, 3.8) is 0 Å². The molecule has 0 aliphatic carbocycles. The van der Waals surface area contributed by atoms with Gasteiger partial charge in [-0.05, 0) is 129 Å². The fourth-order valence-corrected chi connectivity index (χ4v) is 3.77. The quantitative estimate of drug-likeness (QED) is 0.0704. The summed E-state index contributed by atoms with van der Waals surface area (Å²) >= 11 is 0. The molecule has 0 aromatic rings. The number of ether oxygens (including phenoxy) is 4. The Morgan fingerprint density at radius 1 is 0.562 bits per heavy atom. The molecule has 0 rings (SSSR count). The van der Waals surface area contributed by atoms with E-state index >= 15 is 0 Å². The topological polar surface area (TPSA) is 195 Å². The normalized spacial score (nSPS) is 13.2. The van der Waals surface area contributed by atoms with E-state index in [2.05, 4.69) is 31.6 Å². The van der Waals surface area contributed by atoms with Crippen molar-refractivity contribution in [3.8, 4) is 0 Å². The molecule has 0 saturated heterocycles. The standard InChI is InChI=1S/C33H62N6O9/c1-22(36-26(41)45-30(2,3)4)18-14-16-20-34-24(40)23(37-27(42)46-31(5,6)7)19-15-17-21-35-25(38-28(43)47-32(8,9)10)39-29(44)48-33(11,12)13/h22-23H,14-21H2,1-13H3,(H,34,40)(H,36,41)(H,37,42)(H2,35,38,39,43,44)/t22-,23-/m1/s1. The summed E-state index contributed by atoms with van der Waals surface area (Å²) in [5, 5.41) is 13.2. The van der Waals surface area contributed by atoms with Crippen LogP contribution in [-0.4, -0.2) is 83.8 Å². The highest BCUT2D eigenvalue weighted by molar-refractivity contribution is 6.01. The van der Waals surface area contributed by atoms with Crippen LogP contribution in [0.1, 0.15) is 129 Å². The van der Waals surface area contributed by atoms with E-state index in [-0.39, 0.29) is 30.9 Å². The Hall–Kier alpha value is -3.78. The molecule has 0 aromatic heterocycles. The Morgan fingerprint density at radius 3 is 1.44 bits per heavy atom. The van der Waals surface area contributed by atoms with Gasteiger partial charge in [0.15, 0.2) is 0 Å². The zero-order valence-electron chi connectivity index (χ0n) is 31.4. The van der Waals surface area contributed by atoms with Gasteiger partial charge >= 0.3 is 24.4 Å². The largest absolute Gasteiger partial charge is 0.444 e. The molecule has 48 heavy (non-hydrogen) atoms. The van der Waals surface area contributed by atoms with Crippen LogP contribution in [0.4, 0.5) is 19.2 Å². The summed E-state index contributed by atoms with van der Waals surface area (Å²) in [6.45, 7) is 23.3. The minimum Gasteiger partial charge on any atom is -0.444 e. The van der Waals surface area contributed by atoms with E-state index in [1.165, 1.54) is 0 Å². The van der Waals surface area contributed by atoms with Gasteiger partial charge in [0.25, 0.3) is 0 Å². The minimum atomic E-state index is -0.865. The van der Waals surface area contributed by atoms with E-state index < -0.39 is 52.8 Å². The van der Waals surface area contributed by atoms with Gasteiger partial charge in [-0.15, -0.1) is 0 Å². The molecular weight excluding hydrogens is 624 g/mol. The number of hydrogen-bond donors (Lipinski definition) is 5. The van der Waals surface area contributed by atoms with E-state index in [0.29, 0.717) is 32.2 Å². The van der Waals surface area contributed by atoms with Crippen LogP contribution in [0.2, 0.25) is 0 Å². The first-order valence-electron chi connectivity index (χ1n) is 16.6. The SMILES string of the molecule is C[C@H](CCCCNC(=O)[C@@H](CCCCN=C(NC(=O)OC(C)(C)C)NC(=O)OC(C)(C)C)NC(=O)OC(C)(C)C)NC(=O)OC(C)(C)C. The number of unbranched alkanes of at least 4 members (excludes halogenated alkanes) is 2. The Kier molecular flexibility index (Phi) is 18.3. The number of carbonyl (C=O) groups is 5. The number of alkyl carbamates (subject to hydrolysis) is 4. The van der Waals surface area contributed by atoms with Crippen LogP contribution in [0.3, 0.4) is 0 Å². The number of hydrogen-bond acceptors (Lipinski definition) is 10. The maximum absolute atomic E-state index is 13.1. The highest BCUT2D eigenvalue weighted by atomic mass is 16.6. The molecule has 0 radical (unpaired) electrons. The summed E-state index contributed by atoms with van der Waals surface area (Å²) in [7, 11) is 0. The van der Waals surface area contributed by atoms with E-state index in [4.69, 9.17) is 18.9 Å². The number of amides is 5. The molecule has 278 valence electrons. The summed E-state index contributed by atoms with van der Waals surface area (Å²) in [5.74, 6) is -0.501. The van der Waals surface area contributed by atoms with E-state index in [9.17, 15) is 24.0 Å². The van der Waals surface area contributed by atoms with Crippen LogP contribution in [0, 0.1) is 0 Å². The molecule has 0 aliphatic rings. The number of nitrogens with zero attached hydrogens (tertiary/aromatic N) is 1. The Morgan fingerprint density at radius 2 is 0.979 bits per heavy atom. The first-order chi connectivity index (χ1) is 21.7. The van der Waals surface area contributed by atoms with Crippen molar-refractivity contribution in [3.05, 3.63) is 0 Å². The third-order valence-corrected chi connectivity index (χ3v) is 5.54.